The Balaban J connectivity index is 1.94. The van der Waals surface area contributed by atoms with Gasteiger partial charge in [0.15, 0.2) is 0 Å². The van der Waals surface area contributed by atoms with Gasteiger partial charge in [-0.05, 0) is 42.5 Å². The molecule has 0 radical (unpaired) electrons. The highest BCUT2D eigenvalue weighted by molar-refractivity contribution is 9.10. The van der Waals surface area contributed by atoms with E-state index in [2.05, 4.69) is 21.2 Å². The number of nitrogens with two attached hydrogens (primary N) is 1. The van der Waals surface area contributed by atoms with Gasteiger partial charge in [-0.25, -0.2) is 0 Å². The van der Waals surface area contributed by atoms with Crippen molar-refractivity contribution in [3.63, 3.8) is 0 Å². The normalized spacial score (nSPS) is 10.8. The molecule has 0 aliphatic rings. The molecule has 3 N–H and O–H groups in total. The summed E-state index contributed by atoms with van der Waals surface area (Å²) in [6, 6.07) is 12.8. The quantitative estimate of drug-likeness (QED) is 0.645. The molecule has 0 aliphatic heterocycles. The summed E-state index contributed by atoms with van der Waals surface area (Å²) in [5, 5.41) is 4.26. The Labute approximate surface area is 138 Å². The number of carbonyl (C=O) groups excluding carboxylic acids is 1. The number of nitrogen functional groups attached to an aromatic ring is 1. The van der Waals surface area contributed by atoms with Crippen LogP contribution in [0.25, 0.3) is 10.1 Å². The topological polar surface area (TPSA) is 55.1 Å². The molecule has 3 aromatic rings. The Morgan fingerprint density at radius 3 is 2.62 bits per heavy atom. The molecule has 0 bridgehead atoms. The fourth-order valence-corrected chi connectivity index (χ4v) is 3.41. The fraction of sp³-hybridized carbons (Fsp3) is 0. The van der Waals surface area contributed by atoms with E-state index in [1.807, 2.05) is 30.3 Å². The first kappa shape index (κ1) is 14.4. The van der Waals surface area contributed by atoms with Gasteiger partial charge in [-0.15, -0.1) is 11.3 Å². The van der Waals surface area contributed by atoms with Crippen LogP contribution in [0.4, 0.5) is 11.4 Å². The highest BCUT2D eigenvalue weighted by Gasteiger charge is 2.16. The summed E-state index contributed by atoms with van der Waals surface area (Å²) in [4.78, 5) is 12.8. The number of fused-ring (bicyclic) bond motifs is 1. The summed E-state index contributed by atoms with van der Waals surface area (Å²) < 4.78 is 1.90. The number of rotatable bonds is 2. The molecule has 6 heteroatoms. The number of benzene rings is 2. The van der Waals surface area contributed by atoms with Crippen molar-refractivity contribution < 1.29 is 4.79 Å². The highest BCUT2D eigenvalue weighted by Crippen LogP contribution is 2.35. The van der Waals surface area contributed by atoms with E-state index in [9.17, 15) is 4.79 Å². The van der Waals surface area contributed by atoms with Gasteiger partial charge in [0.05, 0.1) is 5.69 Å². The summed E-state index contributed by atoms with van der Waals surface area (Å²) in [5.74, 6) is -0.216. The molecule has 1 aromatic heterocycles. The van der Waals surface area contributed by atoms with Gasteiger partial charge in [-0.3, -0.25) is 4.79 Å². The summed E-state index contributed by atoms with van der Waals surface area (Å²) in [6.45, 7) is 0. The van der Waals surface area contributed by atoms with E-state index in [-0.39, 0.29) is 5.91 Å². The van der Waals surface area contributed by atoms with Crippen LogP contribution >= 0.6 is 38.9 Å². The zero-order valence-corrected chi connectivity index (χ0v) is 13.8. The van der Waals surface area contributed by atoms with Crippen molar-refractivity contribution in [3.8, 4) is 0 Å². The second kappa shape index (κ2) is 5.67. The van der Waals surface area contributed by atoms with Crippen LogP contribution in [0.3, 0.4) is 0 Å². The zero-order chi connectivity index (χ0) is 15.0. The van der Waals surface area contributed by atoms with Crippen molar-refractivity contribution in [1.82, 2.24) is 0 Å². The van der Waals surface area contributed by atoms with E-state index < -0.39 is 0 Å². The van der Waals surface area contributed by atoms with Crippen LogP contribution in [-0.2, 0) is 0 Å². The first-order chi connectivity index (χ1) is 10.0. The Bertz CT molecular complexity index is 830. The number of carbonyl (C=O) groups is 1. The zero-order valence-electron chi connectivity index (χ0n) is 10.7. The molecule has 3 nitrogen and oxygen atoms in total. The van der Waals surface area contributed by atoms with Crippen LogP contribution in [0.1, 0.15) is 9.67 Å². The molecule has 1 amide bonds. The maximum absolute atomic E-state index is 12.3. The molecule has 3 rings (SSSR count). The number of nitrogens with one attached hydrogen (secondary N) is 1. The summed E-state index contributed by atoms with van der Waals surface area (Å²) >= 11 is 10.7. The number of hydrogen-bond acceptors (Lipinski definition) is 3. The van der Waals surface area contributed by atoms with Gasteiger partial charge < -0.3 is 11.1 Å². The van der Waals surface area contributed by atoms with Gasteiger partial charge >= 0.3 is 0 Å². The van der Waals surface area contributed by atoms with Gasteiger partial charge in [0.25, 0.3) is 5.91 Å². The van der Waals surface area contributed by atoms with Gasteiger partial charge in [-0.1, -0.05) is 27.5 Å². The third kappa shape index (κ3) is 2.90. The van der Waals surface area contributed by atoms with Gasteiger partial charge in [-0.2, -0.15) is 0 Å². The lowest BCUT2D eigenvalue weighted by Crippen LogP contribution is -2.11. The van der Waals surface area contributed by atoms with Crippen LogP contribution in [0.5, 0.6) is 0 Å². The number of thiophene rings is 1. The summed E-state index contributed by atoms with van der Waals surface area (Å²) in [5.41, 5.74) is 7.26. The van der Waals surface area contributed by atoms with Gasteiger partial charge in [0, 0.05) is 25.3 Å². The number of amides is 1. The van der Waals surface area contributed by atoms with Crippen molar-refractivity contribution in [2.24, 2.45) is 0 Å². The first-order valence-corrected chi connectivity index (χ1v) is 8.08. The van der Waals surface area contributed by atoms with Gasteiger partial charge in [0.1, 0.15) is 4.88 Å². The van der Waals surface area contributed by atoms with E-state index in [0.717, 1.165) is 20.2 Å². The van der Waals surface area contributed by atoms with Crippen LogP contribution in [0.2, 0.25) is 5.02 Å². The minimum absolute atomic E-state index is 0.216. The number of hydrogen-bond donors (Lipinski definition) is 2. The lowest BCUT2D eigenvalue weighted by atomic mass is 10.2. The Hall–Kier alpha value is -1.56. The monoisotopic (exact) mass is 380 g/mol. The van der Waals surface area contributed by atoms with E-state index in [4.69, 9.17) is 17.3 Å². The van der Waals surface area contributed by atoms with Crippen LogP contribution < -0.4 is 11.1 Å². The molecule has 0 saturated carbocycles. The maximum Gasteiger partial charge on any atom is 0.267 e. The van der Waals surface area contributed by atoms with Crippen LogP contribution in [0, 0.1) is 0 Å². The van der Waals surface area contributed by atoms with Crippen molar-refractivity contribution in [1.29, 1.82) is 0 Å². The van der Waals surface area contributed by atoms with E-state index in [1.54, 1.807) is 12.1 Å². The lowest BCUT2D eigenvalue weighted by Gasteiger charge is -2.04. The van der Waals surface area contributed by atoms with E-state index >= 15 is 0 Å². The molecule has 0 saturated heterocycles. The van der Waals surface area contributed by atoms with E-state index in [1.165, 1.54) is 11.3 Å². The molecule has 0 atom stereocenters. The van der Waals surface area contributed by atoms with Crippen molar-refractivity contribution in [2.45, 2.75) is 0 Å². The predicted molar refractivity (Wildman–Crippen MR) is 93.3 cm³/mol. The molecule has 0 spiro atoms. The third-order valence-corrected chi connectivity index (χ3v) is 4.95. The average Bonchev–Trinajstić information content (AvgIpc) is 2.79. The second-order valence-electron chi connectivity index (χ2n) is 4.45. The van der Waals surface area contributed by atoms with Crippen LogP contribution in [0.15, 0.2) is 46.9 Å². The molecule has 0 aliphatic carbocycles. The molecule has 2 aromatic carbocycles. The fourth-order valence-electron chi connectivity index (χ4n) is 1.98. The van der Waals surface area contributed by atoms with Crippen molar-refractivity contribution in [3.05, 3.63) is 56.8 Å². The lowest BCUT2D eigenvalue weighted by molar-refractivity contribution is 0.103. The van der Waals surface area contributed by atoms with E-state index in [0.29, 0.717) is 15.6 Å². The Kier molecular flexibility index (Phi) is 3.89. The second-order valence-corrected chi connectivity index (χ2v) is 6.85. The molecular formula is C15H10BrClN2OS. The number of anilines is 2. The molecule has 21 heavy (non-hydrogen) atoms. The summed E-state index contributed by atoms with van der Waals surface area (Å²) in [6.07, 6.45) is 0. The Morgan fingerprint density at radius 2 is 1.90 bits per heavy atom. The average molecular weight is 382 g/mol. The largest absolute Gasteiger partial charge is 0.397 e. The first-order valence-electron chi connectivity index (χ1n) is 6.09. The molecule has 0 fully saturated rings. The smallest absolute Gasteiger partial charge is 0.267 e. The van der Waals surface area contributed by atoms with Crippen LogP contribution in [-0.4, -0.2) is 5.91 Å². The molecule has 0 unspecified atom stereocenters. The minimum atomic E-state index is -0.216. The predicted octanol–water partition coefficient (Wildman–Crippen LogP) is 5.15. The Morgan fingerprint density at radius 1 is 1.19 bits per heavy atom. The molecule has 106 valence electrons. The summed E-state index contributed by atoms with van der Waals surface area (Å²) in [7, 11) is 0. The highest BCUT2D eigenvalue weighted by atomic mass is 79.9. The van der Waals surface area contributed by atoms with Crippen molar-refractivity contribution in [2.75, 3.05) is 11.1 Å². The SMILES string of the molecule is Nc1c(C(=O)Nc2ccc(Br)cc2)sc2ccc(Cl)cc12. The standard InChI is InChI=1S/C15H10BrClN2OS/c16-8-1-4-10(5-2-8)19-15(20)14-13(18)11-7-9(17)3-6-12(11)21-14/h1-7H,18H2,(H,19,20). The maximum atomic E-state index is 12.3. The molecular weight excluding hydrogens is 372 g/mol. The van der Waals surface area contributed by atoms with Crippen molar-refractivity contribution >= 4 is 66.2 Å². The third-order valence-electron chi connectivity index (χ3n) is 3.00. The minimum Gasteiger partial charge on any atom is -0.397 e. The van der Waals surface area contributed by atoms with Gasteiger partial charge in [0.2, 0.25) is 0 Å². The number of halogens is 2. The molecule has 1 heterocycles.